The normalized spacial score (nSPS) is 10.7. The predicted molar refractivity (Wildman–Crippen MR) is 72.3 cm³/mol. The summed E-state index contributed by atoms with van der Waals surface area (Å²) in [7, 11) is 0. The van der Waals surface area contributed by atoms with Gasteiger partial charge in [-0.1, -0.05) is 0 Å². The first-order valence-corrected chi connectivity index (χ1v) is 6.51. The zero-order valence-corrected chi connectivity index (χ0v) is 11.5. The van der Waals surface area contributed by atoms with Gasteiger partial charge in [-0.25, -0.2) is 18.7 Å². The molecular formula is C13H15N3O5. The van der Waals surface area contributed by atoms with Gasteiger partial charge in [-0.2, -0.15) is 0 Å². The van der Waals surface area contributed by atoms with E-state index in [9.17, 15) is 14.4 Å². The number of nitrogens with zero attached hydrogens (tertiary/aromatic N) is 3. The van der Waals surface area contributed by atoms with Crippen molar-refractivity contribution in [3.8, 4) is 0 Å². The Morgan fingerprint density at radius 2 is 2.14 bits per heavy atom. The van der Waals surface area contributed by atoms with Crippen LogP contribution in [0.2, 0.25) is 0 Å². The monoisotopic (exact) mass is 293 g/mol. The number of hydrogen-bond acceptors (Lipinski definition) is 5. The summed E-state index contributed by atoms with van der Waals surface area (Å²) in [5.74, 6) is -1.43. The van der Waals surface area contributed by atoms with Gasteiger partial charge in [0.2, 0.25) is 0 Å². The molecule has 0 aliphatic carbocycles. The highest BCUT2D eigenvalue weighted by Crippen LogP contribution is 2.03. The predicted octanol–water partition coefficient (Wildman–Crippen LogP) is 0.538. The molecule has 0 aliphatic heterocycles. The fraction of sp³-hybridized carbons (Fsp3) is 0.385. The number of carboxylic acids is 1. The van der Waals surface area contributed by atoms with Crippen molar-refractivity contribution in [2.45, 2.75) is 26.3 Å². The van der Waals surface area contributed by atoms with Crippen LogP contribution >= 0.6 is 0 Å². The van der Waals surface area contributed by atoms with Gasteiger partial charge in [0.1, 0.15) is 0 Å². The van der Waals surface area contributed by atoms with Crippen LogP contribution < -0.4 is 5.69 Å². The SMILES string of the molecule is CCOC(=O)CCCn1nc2ccc(C(=O)O)cn2c1=O. The lowest BCUT2D eigenvalue weighted by molar-refractivity contribution is -0.143. The minimum absolute atomic E-state index is 0.00988. The second kappa shape index (κ2) is 6.21. The molecule has 2 rings (SSSR count). The first kappa shape index (κ1) is 14.8. The number of ether oxygens (including phenoxy) is 1. The van der Waals surface area contributed by atoms with Gasteiger partial charge in [0.15, 0.2) is 5.65 Å². The number of aryl methyl sites for hydroxylation is 1. The number of carbonyl (C=O) groups is 2. The quantitative estimate of drug-likeness (QED) is 0.780. The van der Waals surface area contributed by atoms with Crippen molar-refractivity contribution in [3.63, 3.8) is 0 Å². The van der Waals surface area contributed by atoms with Crippen LogP contribution in [0.4, 0.5) is 0 Å². The summed E-state index contributed by atoms with van der Waals surface area (Å²) < 4.78 is 7.18. The van der Waals surface area contributed by atoms with E-state index < -0.39 is 11.7 Å². The van der Waals surface area contributed by atoms with Gasteiger partial charge in [0.05, 0.1) is 12.2 Å². The number of fused-ring (bicyclic) bond motifs is 1. The molecule has 0 aromatic carbocycles. The number of carbonyl (C=O) groups excluding carboxylic acids is 1. The Labute approximate surface area is 119 Å². The number of aromatic nitrogens is 3. The van der Waals surface area contributed by atoms with Crippen LogP contribution in [0.1, 0.15) is 30.1 Å². The van der Waals surface area contributed by atoms with E-state index in [1.54, 1.807) is 6.92 Å². The van der Waals surface area contributed by atoms with E-state index in [0.29, 0.717) is 18.7 Å². The van der Waals surface area contributed by atoms with Gasteiger partial charge in [-0.15, -0.1) is 5.10 Å². The molecule has 112 valence electrons. The van der Waals surface area contributed by atoms with E-state index in [2.05, 4.69) is 5.10 Å². The van der Waals surface area contributed by atoms with E-state index in [1.165, 1.54) is 27.4 Å². The number of rotatable bonds is 6. The molecule has 8 nitrogen and oxygen atoms in total. The Bertz CT molecular complexity index is 731. The maximum Gasteiger partial charge on any atom is 0.350 e. The summed E-state index contributed by atoms with van der Waals surface area (Å²) in [5, 5.41) is 13.0. The smallest absolute Gasteiger partial charge is 0.350 e. The van der Waals surface area contributed by atoms with Crippen molar-refractivity contribution in [1.29, 1.82) is 0 Å². The molecule has 0 saturated heterocycles. The second-order valence-electron chi connectivity index (χ2n) is 4.37. The molecule has 0 unspecified atom stereocenters. The van der Waals surface area contributed by atoms with Crippen molar-refractivity contribution in [2.75, 3.05) is 6.61 Å². The van der Waals surface area contributed by atoms with Gasteiger partial charge in [0.25, 0.3) is 0 Å². The number of hydrogen-bond donors (Lipinski definition) is 1. The topological polar surface area (TPSA) is 103 Å². The average molecular weight is 293 g/mol. The molecule has 21 heavy (non-hydrogen) atoms. The fourth-order valence-corrected chi connectivity index (χ4v) is 1.90. The molecule has 0 aliphatic rings. The maximum absolute atomic E-state index is 12.1. The Kier molecular flexibility index (Phi) is 4.36. The molecule has 2 heterocycles. The lowest BCUT2D eigenvalue weighted by atomic mass is 10.3. The zero-order chi connectivity index (χ0) is 15.4. The van der Waals surface area contributed by atoms with Crippen molar-refractivity contribution in [1.82, 2.24) is 14.2 Å². The molecule has 2 aromatic heterocycles. The Morgan fingerprint density at radius 3 is 2.81 bits per heavy atom. The van der Waals surface area contributed by atoms with Crippen LogP contribution in [-0.4, -0.2) is 37.8 Å². The largest absolute Gasteiger partial charge is 0.478 e. The third-order valence-corrected chi connectivity index (χ3v) is 2.88. The second-order valence-corrected chi connectivity index (χ2v) is 4.37. The van der Waals surface area contributed by atoms with Crippen molar-refractivity contribution >= 4 is 17.6 Å². The van der Waals surface area contributed by atoms with Gasteiger partial charge in [-0.05, 0) is 25.5 Å². The number of pyridine rings is 1. The molecule has 0 bridgehead atoms. The molecule has 0 saturated carbocycles. The molecular weight excluding hydrogens is 278 g/mol. The van der Waals surface area contributed by atoms with Crippen molar-refractivity contribution in [3.05, 3.63) is 34.4 Å². The first-order chi connectivity index (χ1) is 10.0. The summed E-state index contributed by atoms with van der Waals surface area (Å²) in [5.41, 5.74) is -0.0613. The first-order valence-electron chi connectivity index (χ1n) is 6.51. The van der Waals surface area contributed by atoms with Crippen LogP contribution in [0.5, 0.6) is 0 Å². The highest BCUT2D eigenvalue weighted by atomic mass is 16.5. The summed E-state index contributed by atoms with van der Waals surface area (Å²) >= 11 is 0. The van der Waals surface area contributed by atoms with Crippen molar-refractivity contribution < 1.29 is 19.4 Å². The Hall–Kier alpha value is -2.64. The van der Waals surface area contributed by atoms with E-state index >= 15 is 0 Å². The average Bonchev–Trinajstić information content (AvgIpc) is 2.75. The van der Waals surface area contributed by atoms with E-state index in [-0.39, 0.29) is 24.5 Å². The van der Waals surface area contributed by atoms with Crippen LogP contribution in [0.15, 0.2) is 23.1 Å². The molecule has 0 spiro atoms. The van der Waals surface area contributed by atoms with E-state index in [4.69, 9.17) is 9.84 Å². The van der Waals surface area contributed by atoms with Crippen LogP contribution in [0.3, 0.4) is 0 Å². The van der Waals surface area contributed by atoms with Crippen LogP contribution in [0.25, 0.3) is 5.65 Å². The number of esters is 1. The maximum atomic E-state index is 12.1. The number of carboxylic acid groups (broad SMARTS) is 1. The molecule has 0 fully saturated rings. The van der Waals surface area contributed by atoms with Gasteiger partial charge < -0.3 is 9.84 Å². The standard InChI is InChI=1S/C13H15N3O5/c1-2-21-11(17)4-3-7-16-13(20)15-8-9(12(18)19)5-6-10(15)14-16/h5-6,8H,2-4,7H2,1H3,(H,18,19). The summed E-state index contributed by atoms with van der Waals surface area (Å²) in [4.78, 5) is 34.1. The summed E-state index contributed by atoms with van der Waals surface area (Å²) in [6.07, 6.45) is 1.86. The van der Waals surface area contributed by atoms with Gasteiger partial charge in [-0.3, -0.25) is 4.79 Å². The Balaban J connectivity index is 2.14. The van der Waals surface area contributed by atoms with Crippen LogP contribution in [0, 0.1) is 0 Å². The Morgan fingerprint density at radius 1 is 1.38 bits per heavy atom. The van der Waals surface area contributed by atoms with Gasteiger partial charge >= 0.3 is 17.6 Å². The summed E-state index contributed by atoms with van der Waals surface area (Å²) in [6.45, 7) is 2.32. The van der Waals surface area contributed by atoms with Gasteiger partial charge in [0, 0.05) is 19.2 Å². The van der Waals surface area contributed by atoms with Crippen LogP contribution in [-0.2, 0) is 16.1 Å². The molecule has 0 atom stereocenters. The van der Waals surface area contributed by atoms with Crippen molar-refractivity contribution in [2.24, 2.45) is 0 Å². The third-order valence-electron chi connectivity index (χ3n) is 2.88. The van der Waals surface area contributed by atoms with E-state index in [1.807, 2.05) is 0 Å². The molecule has 0 amide bonds. The molecule has 0 radical (unpaired) electrons. The molecule has 2 aromatic rings. The highest BCUT2D eigenvalue weighted by molar-refractivity contribution is 5.87. The number of aromatic carboxylic acids is 1. The minimum Gasteiger partial charge on any atom is -0.478 e. The summed E-state index contributed by atoms with van der Waals surface area (Å²) in [6, 6.07) is 2.85. The lowest BCUT2D eigenvalue weighted by Gasteiger charge is -2.00. The minimum atomic E-state index is -1.11. The fourth-order valence-electron chi connectivity index (χ4n) is 1.90. The lowest BCUT2D eigenvalue weighted by Crippen LogP contribution is -2.22. The third kappa shape index (κ3) is 3.28. The van der Waals surface area contributed by atoms with E-state index in [0.717, 1.165) is 0 Å². The molecule has 1 N–H and O–H groups in total. The zero-order valence-electron chi connectivity index (χ0n) is 11.5. The highest BCUT2D eigenvalue weighted by Gasteiger charge is 2.10. The molecule has 8 heteroatoms.